The highest BCUT2D eigenvalue weighted by atomic mass is 79.9. The van der Waals surface area contributed by atoms with E-state index < -0.39 is 5.60 Å². The van der Waals surface area contributed by atoms with Gasteiger partial charge in [-0.3, -0.25) is 0 Å². The predicted octanol–water partition coefficient (Wildman–Crippen LogP) is 3.57. The Morgan fingerprint density at radius 1 is 1.28 bits per heavy atom. The molecule has 0 bridgehead atoms. The normalized spacial score (nSPS) is 15.5. The molecule has 0 saturated carbocycles. The molecule has 2 N–H and O–H groups in total. The Morgan fingerprint density at radius 3 is 2.44 bits per heavy atom. The van der Waals surface area contributed by atoms with E-state index in [1.54, 1.807) is 19.1 Å². The third-order valence-electron chi connectivity index (χ3n) is 2.78. The van der Waals surface area contributed by atoms with E-state index in [0.717, 1.165) is 4.47 Å². The molecule has 0 spiro atoms. The van der Waals surface area contributed by atoms with Crippen LogP contribution in [0.4, 0.5) is 4.39 Å². The van der Waals surface area contributed by atoms with Gasteiger partial charge in [0.15, 0.2) is 0 Å². The SMILES string of the molecule is CC(C)(C)NCCC(C)(O)c1cc(Br)ccc1F. The fourth-order valence-corrected chi connectivity index (χ4v) is 2.09. The second kappa shape index (κ2) is 5.68. The monoisotopic (exact) mass is 317 g/mol. The van der Waals surface area contributed by atoms with E-state index in [1.807, 2.05) is 0 Å². The van der Waals surface area contributed by atoms with Crippen LogP contribution in [0.25, 0.3) is 0 Å². The number of benzene rings is 1. The molecule has 0 aliphatic carbocycles. The Hall–Kier alpha value is -0.450. The number of hydrogen-bond donors (Lipinski definition) is 2. The van der Waals surface area contributed by atoms with Crippen LogP contribution < -0.4 is 5.32 Å². The molecule has 1 rings (SSSR count). The van der Waals surface area contributed by atoms with E-state index in [2.05, 4.69) is 42.0 Å². The molecule has 1 aromatic carbocycles. The lowest BCUT2D eigenvalue weighted by atomic mass is 9.91. The molecule has 0 heterocycles. The van der Waals surface area contributed by atoms with Crippen molar-refractivity contribution < 1.29 is 9.50 Å². The molecule has 0 saturated heterocycles. The van der Waals surface area contributed by atoms with Crippen molar-refractivity contribution in [2.45, 2.75) is 45.3 Å². The zero-order chi connectivity index (χ0) is 14.0. The summed E-state index contributed by atoms with van der Waals surface area (Å²) in [5, 5.41) is 13.7. The van der Waals surface area contributed by atoms with Gasteiger partial charge in [0.25, 0.3) is 0 Å². The summed E-state index contributed by atoms with van der Waals surface area (Å²) in [6, 6.07) is 4.62. The first-order chi connectivity index (χ1) is 8.12. The standard InChI is InChI=1S/C14H21BrFNO/c1-13(2,3)17-8-7-14(4,18)11-9-10(15)5-6-12(11)16/h5-6,9,17-18H,7-8H2,1-4H3. The highest BCUT2D eigenvalue weighted by Gasteiger charge is 2.27. The Bertz CT molecular complexity index is 413. The molecule has 0 aromatic heterocycles. The van der Waals surface area contributed by atoms with Crippen LogP contribution >= 0.6 is 15.9 Å². The largest absolute Gasteiger partial charge is 0.385 e. The average Bonchev–Trinajstić information content (AvgIpc) is 2.19. The molecule has 102 valence electrons. The molecule has 1 atom stereocenters. The zero-order valence-corrected chi connectivity index (χ0v) is 12.9. The highest BCUT2D eigenvalue weighted by Crippen LogP contribution is 2.29. The van der Waals surface area contributed by atoms with Gasteiger partial charge < -0.3 is 10.4 Å². The summed E-state index contributed by atoms with van der Waals surface area (Å²) in [6.07, 6.45) is 0.456. The summed E-state index contributed by atoms with van der Waals surface area (Å²) in [5.41, 5.74) is -0.856. The van der Waals surface area contributed by atoms with Crippen molar-refractivity contribution in [1.29, 1.82) is 0 Å². The smallest absolute Gasteiger partial charge is 0.129 e. The summed E-state index contributed by atoms with van der Waals surface area (Å²) < 4.78 is 14.5. The maximum Gasteiger partial charge on any atom is 0.129 e. The third kappa shape index (κ3) is 4.67. The molecule has 0 fully saturated rings. The molecule has 2 nitrogen and oxygen atoms in total. The molecule has 0 aliphatic rings. The average molecular weight is 318 g/mol. The van der Waals surface area contributed by atoms with Crippen molar-refractivity contribution in [3.05, 3.63) is 34.1 Å². The third-order valence-corrected chi connectivity index (χ3v) is 3.27. The van der Waals surface area contributed by atoms with Crippen LogP contribution in [0.2, 0.25) is 0 Å². The van der Waals surface area contributed by atoms with E-state index >= 15 is 0 Å². The van der Waals surface area contributed by atoms with Crippen LogP contribution in [-0.4, -0.2) is 17.2 Å². The number of nitrogens with one attached hydrogen (secondary N) is 1. The van der Waals surface area contributed by atoms with Gasteiger partial charge in [0.1, 0.15) is 5.82 Å². The van der Waals surface area contributed by atoms with Gasteiger partial charge >= 0.3 is 0 Å². The lowest BCUT2D eigenvalue weighted by Crippen LogP contribution is -2.39. The van der Waals surface area contributed by atoms with Crippen LogP contribution in [0.5, 0.6) is 0 Å². The summed E-state index contributed by atoms with van der Waals surface area (Å²) in [5.74, 6) is -0.376. The van der Waals surface area contributed by atoms with Crippen LogP contribution in [0.3, 0.4) is 0 Å². The van der Waals surface area contributed by atoms with Crippen LogP contribution in [0, 0.1) is 5.82 Å². The summed E-state index contributed by atoms with van der Waals surface area (Å²) in [6.45, 7) is 8.44. The van der Waals surface area contributed by atoms with Crippen LogP contribution in [0.15, 0.2) is 22.7 Å². The highest BCUT2D eigenvalue weighted by molar-refractivity contribution is 9.10. The molecule has 18 heavy (non-hydrogen) atoms. The van der Waals surface area contributed by atoms with Crippen molar-refractivity contribution in [2.24, 2.45) is 0 Å². The van der Waals surface area contributed by atoms with E-state index in [1.165, 1.54) is 6.07 Å². The second-order valence-corrected chi connectivity index (χ2v) is 6.74. The number of hydrogen-bond acceptors (Lipinski definition) is 2. The van der Waals surface area contributed by atoms with Crippen molar-refractivity contribution in [3.63, 3.8) is 0 Å². The lowest BCUT2D eigenvalue weighted by Gasteiger charge is -2.27. The molecule has 1 unspecified atom stereocenters. The quantitative estimate of drug-likeness (QED) is 0.889. The fourth-order valence-electron chi connectivity index (χ4n) is 1.73. The minimum Gasteiger partial charge on any atom is -0.385 e. The zero-order valence-electron chi connectivity index (χ0n) is 11.3. The van der Waals surface area contributed by atoms with Gasteiger partial charge in [-0.05, 0) is 58.9 Å². The van der Waals surface area contributed by atoms with Crippen LogP contribution in [-0.2, 0) is 5.60 Å². The number of rotatable bonds is 4. The molecule has 4 heteroatoms. The Morgan fingerprint density at radius 2 is 1.89 bits per heavy atom. The molecule has 0 amide bonds. The summed E-state index contributed by atoms with van der Waals surface area (Å²) in [7, 11) is 0. The molecule has 0 radical (unpaired) electrons. The summed E-state index contributed by atoms with van der Waals surface area (Å²) >= 11 is 3.30. The molecule has 0 aliphatic heterocycles. The van der Waals surface area contributed by atoms with Crippen molar-refractivity contribution in [2.75, 3.05) is 6.54 Å². The molecular formula is C14H21BrFNO. The minimum absolute atomic E-state index is 0.00804. The van der Waals surface area contributed by atoms with Gasteiger partial charge in [-0.25, -0.2) is 4.39 Å². The van der Waals surface area contributed by atoms with Crippen molar-refractivity contribution in [1.82, 2.24) is 5.32 Å². The van der Waals surface area contributed by atoms with Crippen LogP contribution in [0.1, 0.15) is 39.7 Å². The van der Waals surface area contributed by atoms with E-state index in [0.29, 0.717) is 18.5 Å². The minimum atomic E-state index is -1.17. The van der Waals surface area contributed by atoms with E-state index in [9.17, 15) is 9.50 Å². The first-order valence-electron chi connectivity index (χ1n) is 6.05. The molecular weight excluding hydrogens is 297 g/mol. The van der Waals surface area contributed by atoms with Gasteiger partial charge in [0, 0.05) is 15.6 Å². The lowest BCUT2D eigenvalue weighted by molar-refractivity contribution is 0.0427. The Balaban J connectivity index is 2.76. The number of halogens is 2. The van der Waals surface area contributed by atoms with Gasteiger partial charge in [0.05, 0.1) is 5.60 Å². The Kier molecular flexibility index (Phi) is 4.92. The second-order valence-electron chi connectivity index (χ2n) is 5.82. The van der Waals surface area contributed by atoms with E-state index in [-0.39, 0.29) is 11.4 Å². The van der Waals surface area contributed by atoms with Gasteiger partial charge in [-0.1, -0.05) is 15.9 Å². The van der Waals surface area contributed by atoms with Gasteiger partial charge in [-0.15, -0.1) is 0 Å². The van der Waals surface area contributed by atoms with Gasteiger partial charge in [0.2, 0.25) is 0 Å². The van der Waals surface area contributed by atoms with E-state index in [4.69, 9.17) is 0 Å². The van der Waals surface area contributed by atoms with Gasteiger partial charge in [-0.2, -0.15) is 0 Å². The summed E-state index contributed by atoms with van der Waals surface area (Å²) in [4.78, 5) is 0. The first kappa shape index (κ1) is 15.6. The maximum absolute atomic E-state index is 13.7. The topological polar surface area (TPSA) is 32.3 Å². The Labute approximate surface area is 117 Å². The predicted molar refractivity (Wildman–Crippen MR) is 76.0 cm³/mol. The fraction of sp³-hybridized carbons (Fsp3) is 0.571. The van der Waals surface area contributed by atoms with Crippen molar-refractivity contribution >= 4 is 15.9 Å². The maximum atomic E-state index is 13.7. The first-order valence-corrected chi connectivity index (χ1v) is 6.84. The molecule has 1 aromatic rings. The number of aliphatic hydroxyl groups is 1. The van der Waals surface area contributed by atoms with Crippen molar-refractivity contribution in [3.8, 4) is 0 Å².